The molecule has 3 atom stereocenters. The van der Waals surface area contributed by atoms with E-state index >= 15 is 4.39 Å². The van der Waals surface area contributed by atoms with E-state index in [0.717, 1.165) is 3.97 Å². The molecular formula is C25H26ClFN6O4S. The van der Waals surface area contributed by atoms with Crippen LogP contribution in [0.2, 0.25) is 0 Å². The van der Waals surface area contributed by atoms with Crippen molar-refractivity contribution in [3.8, 4) is 0 Å². The number of hydrogen-bond donors (Lipinski definition) is 1. The fourth-order valence-corrected chi connectivity index (χ4v) is 6.45. The Hall–Kier alpha value is -3.32. The summed E-state index contributed by atoms with van der Waals surface area (Å²) in [6.07, 6.45) is 4.14. The minimum Gasteiger partial charge on any atom is -0.447 e. The summed E-state index contributed by atoms with van der Waals surface area (Å²) in [6.45, 7) is 2.80. The van der Waals surface area contributed by atoms with Crippen LogP contribution in [-0.2, 0) is 16.6 Å². The number of nitrogens with zero attached hydrogens (tertiary/aromatic N) is 6. The van der Waals surface area contributed by atoms with Gasteiger partial charge in [-0.25, -0.2) is 31.7 Å². The van der Waals surface area contributed by atoms with Gasteiger partial charge in [0, 0.05) is 24.7 Å². The zero-order valence-electron chi connectivity index (χ0n) is 20.4. The van der Waals surface area contributed by atoms with E-state index in [4.69, 9.17) is 4.42 Å². The first kappa shape index (κ1) is 26.3. The summed E-state index contributed by atoms with van der Waals surface area (Å²) in [5.74, 6) is 0.983. The lowest BCUT2D eigenvalue weighted by molar-refractivity contribution is 0.0761. The number of rotatable bonds is 6. The van der Waals surface area contributed by atoms with Crippen molar-refractivity contribution in [2.75, 3.05) is 13.1 Å². The van der Waals surface area contributed by atoms with Crippen LogP contribution in [0.15, 0.2) is 70.7 Å². The number of hydrogen-bond acceptors (Lipinski definition) is 8. The monoisotopic (exact) mass is 560 g/mol. The highest BCUT2D eigenvalue weighted by atomic mass is 35.5. The Bertz CT molecular complexity index is 1670. The van der Waals surface area contributed by atoms with Gasteiger partial charge in [0.1, 0.15) is 29.4 Å². The third-order valence-electron chi connectivity index (χ3n) is 6.82. The first-order valence-electron chi connectivity index (χ1n) is 11.9. The predicted octanol–water partition coefficient (Wildman–Crippen LogP) is 3.87. The average Bonchev–Trinajstić information content (AvgIpc) is 3.63. The quantitative estimate of drug-likeness (QED) is 0.332. The Morgan fingerprint density at radius 2 is 2.00 bits per heavy atom. The number of imidazole rings is 1. The van der Waals surface area contributed by atoms with Crippen molar-refractivity contribution in [3.63, 3.8) is 0 Å². The Balaban J connectivity index is 0.00000294. The van der Waals surface area contributed by atoms with Gasteiger partial charge in [-0.3, -0.25) is 4.90 Å². The van der Waals surface area contributed by atoms with E-state index in [-0.39, 0.29) is 29.5 Å². The molecular weight excluding hydrogens is 535 g/mol. The third-order valence-corrected chi connectivity index (χ3v) is 8.50. The van der Waals surface area contributed by atoms with Crippen LogP contribution >= 0.6 is 12.4 Å². The highest BCUT2D eigenvalue weighted by molar-refractivity contribution is 7.90. The fraction of sp³-hybridized carbons (Fsp3) is 0.320. The molecule has 5 heterocycles. The summed E-state index contributed by atoms with van der Waals surface area (Å²) in [4.78, 5) is 15.0. The molecule has 10 nitrogen and oxygen atoms in total. The standard InChI is InChI=1S/C25H25FN6O4S.ClH/c1-16(33)24-29-21-12-28-25-19(7-10-31(25)37(34,35)18-5-3-2-4-6-18)23(21)32(24)22-8-9-30(14-20(22)26)13-17-11-27-15-36-17;/h2-7,10-12,15-16,20,22,33H,8-9,13-14H2,1H3;1H/t16-,20-,22+;/m1./s1. The van der Waals surface area contributed by atoms with Crippen molar-refractivity contribution in [2.24, 2.45) is 0 Å². The van der Waals surface area contributed by atoms with E-state index < -0.39 is 28.3 Å². The van der Waals surface area contributed by atoms with Crippen molar-refractivity contribution in [1.82, 2.24) is 28.4 Å². The van der Waals surface area contributed by atoms with Crippen LogP contribution < -0.4 is 0 Å². The summed E-state index contributed by atoms with van der Waals surface area (Å²) in [7, 11) is -3.90. The number of fused-ring (bicyclic) bond motifs is 3. The number of piperidine rings is 1. The number of oxazole rings is 1. The van der Waals surface area contributed by atoms with Crippen LogP contribution in [0.1, 0.15) is 37.1 Å². The lowest BCUT2D eigenvalue weighted by atomic mass is 10.0. The molecule has 4 aromatic heterocycles. The van der Waals surface area contributed by atoms with Crippen molar-refractivity contribution in [1.29, 1.82) is 0 Å². The van der Waals surface area contributed by atoms with Crippen LogP contribution in [0.3, 0.4) is 0 Å². The highest BCUT2D eigenvalue weighted by Crippen LogP contribution is 2.36. The predicted molar refractivity (Wildman–Crippen MR) is 140 cm³/mol. The summed E-state index contributed by atoms with van der Waals surface area (Å²) in [5, 5.41) is 11.1. The van der Waals surface area contributed by atoms with E-state index in [1.807, 2.05) is 4.90 Å². The van der Waals surface area contributed by atoms with E-state index in [1.165, 1.54) is 30.9 Å². The van der Waals surface area contributed by atoms with Gasteiger partial charge in [-0.1, -0.05) is 18.2 Å². The van der Waals surface area contributed by atoms with Gasteiger partial charge in [-0.15, -0.1) is 12.4 Å². The normalized spacial score (nSPS) is 19.6. The average molecular weight is 561 g/mol. The fourth-order valence-electron chi connectivity index (χ4n) is 5.13. The maximum atomic E-state index is 15.7. The molecule has 13 heteroatoms. The molecule has 1 fully saturated rings. The minimum absolute atomic E-state index is 0. The first-order valence-corrected chi connectivity index (χ1v) is 13.4. The SMILES string of the molecule is C[C@@H](O)c1nc2cnc3c(ccn3S(=O)(=O)c3ccccc3)c2n1[C@H]1CCN(Cc2cnco2)C[C@H]1F.Cl. The van der Waals surface area contributed by atoms with Gasteiger partial charge in [0.2, 0.25) is 0 Å². The van der Waals surface area contributed by atoms with Crippen LogP contribution in [0.5, 0.6) is 0 Å². The van der Waals surface area contributed by atoms with Crippen LogP contribution in [0.25, 0.3) is 22.1 Å². The number of aromatic nitrogens is 5. The maximum Gasteiger partial charge on any atom is 0.269 e. The molecule has 200 valence electrons. The van der Waals surface area contributed by atoms with E-state index in [0.29, 0.717) is 47.5 Å². The van der Waals surface area contributed by atoms with Crippen molar-refractivity contribution < 1.29 is 22.3 Å². The molecule has 0 unspecified atom stereocenters. The van der Waals surface area contributed by atoms with Crippen molar-refractivity contribution >= 4 is 44.5 Å². The molecule has 1 saturated heterocycles. The number of halogens is 2. The van der Waals surface area contributed by atoms with Gasteiger partial charge in [0.25, 0.3) is 10.0 Å². The third kappa shape index (κ3) is 4.37. The number of pyridine rings is 1. The largest absolute Gasteiger partial charge is 0.447 e. The van der Waals surface area contributed by atoms with E-state index in [2.05, 4.69) is 15.0 Å². The van der Waals surface area contributed by atoms with Gasteiger partial charge >= 0.3 is 0 Å². The van der Waals surface area contributed by atoms with Crippen molar-refractivity contribution in [2.45, 2.75) is 43.1 Å². The van der Waals surface area contributed by atoms with Gasteiger partial charge in [-0.2, -0.15) is 0 Å². The molecule has 0 aliphatic carbocycles. The number of benzene rings is 1. The number of likely N-dealkylation sites (tertiary alicyclic amines) is 1. The molecule has 0 bridgehead atoms. The molecule has 1 N–H and O–H groups in total. The second-order valence-electron chi connectivity index (χ2n) is 9.25. The van der Waals surface area contributed by atoms with Gasteiger partial charge in [-0.05, 0) is 31.5 Å². The van der Waals surface area contributed by atoms with E-state index in [1.54, 1.807) is 42.0 Å². The second-order valence-corrected chi connectivity index (χ2v) is 11.1. The molecule has 0 spiro atoms. The van der Waals surface area contributed by atoms with Gasteiger partial charge < -0.3 is 14.1 Å². The molecule has 1 aliphatic rings. The van der Waals surface area contributed by atoms with Crippen LogP contribution in [0, 0.1) is 0 Å². The molecule has 0 saturated carbocycles. The molecule has 0 amide bonds. The lowest BCUT2D eigenvalue weighted by Gasteiger charge is -2.36. The minimum atomic E-state index is -3.90. The van der Waals surface area contributed by atoms with E-state index in [9.17, 15) is 13.5 Å². The Kier molecular flexibility index (Phi) is 6.99. The Labute approximate surface area is 224 Å². The molecule has 5 aromatic rings. The summed E-state index contributed by atoms with van der Waals surface area (Å²) in [6, 6.07) is 9.16. The second kappa shape index (κ2) is 10.1. The number of aliphatic hydroxyl groups is 1. The lowest BCUT2D eigenvalue weighted by Crippen LogP contribution is -2.42. The molecule has 1 aromatic carbocycles. The Morgan fingerprint density at radius 1 is 1.21 bits per heavy atom. The van der Waals surface area contributed by atoms with Crippen molar-refractivity contribution in [3.05, 3.63) is 73.0 Å². The molecule has 1 aliphatic heterocycles. The topological polar surface area (TPSA) is 119 Å². The van der Waals surface area contributed by atoms with Gasteiger partial charge in [0.05, 0.1) is 35.4 Å². The first-order chi connectivity index (χ1) is 17.8. The summed E-state index contributed by atoms with van der Waals surface area (Å²) >= 11 is 0. The zero-order valence-corrected chi connectivity index (χ0v) is 22.0. The van der Waals surface area contributed by atoms with Crippen LogP contribution in [0.4, 0.5) is 4.39 Å². The number of aliphatic hydroxyl groups excluding tert-OH is 1. The summed E-state index contributed by atoms with van der Waals surface area (Å²) in [5.41, 5.74) is 1.24. The highest BCUT2D eigenvalue weighted by Gasteiger charge is 2.35. The Morgan fingerprint density at radius 3 is 2.68 bits per heavy atom. The molecule has 38 heavy (non-hydrogen) atoms. The summed E-state index contributed by atoms with van der Waals surface area (Å²) < 4.78 is 50.6. The van der Waals surface area contributed by atoms with Gasteiger partial charge in [0.15, 0.2) is 12.0 Å². The molecule has 6 rings (SSSR count). The number of alkyl halides is 1. The van der Waals surface area contributed by atoms with Crippen LogP contribution in [-0.4, -0.2) is 61.2 Å². The zero-order chi connectivity index (χ0) is 25.7. The smallest absolute Gasteiger partial charge is 0.269 e. The maximum absolute atomic E-state index is 15.7. The molecule has 0 radical (unpaired) electrons.